The number of hydrogen-bond acceptors (Lipinski definition) is 1. The first-order valence-electron chi connectivity index (χ1n) is 6.86. The average Bonchev–Trinajstić information content (AvgIpc) is 2.84. The molecule has 2 aromatic heterocycles. The average molecular weight is 405 g/mol. The smallest absolute Gasteiger partial charge is 0.176 e. The standard InChI is InChI=1S/C18H16NS.HI/c1-11-15-10-19(3)9-8-13(15)12(2)18-17(11)14-6-4-5-7-16(14)20-18;/h4-10H,1-3H3;1H/q+1;/p-1. The van der Waals surface area contributed by atoms with Gasteiger partial charge in [-0.3, -0.25) is 0 Å². The fourth-order valence-electron chi connectivity index (χ4n) is 3.16. The Morgan fingerprint density at radius 3 is 2.48 bits per heavy atom. The fraction of sp³-hybridized carbons (Fsp3) is 0.167. The van der Waals surface area contributed by atoms with Gasteiger partial charge in [0.25, 0.3) is 0 Å². The van der Waals surface area contributed by atoms with Crippen LogP contribution in [0, 0.1) is 13.8 Å². The van der Waals surface area contributed by atoms with Crippen LogP contribution in [-0.4, -0.2) is 0 Å². The first kappa shape index (κ1) is 14.7. The van der Waals surface area contributed by atoms with Crippen LogP contribution in [0.25, 0.3) is 30.9 Å². The summed E-state index contributed by atoms with van der Waals surface area (Å²) in [5, 5.41) is 5.56. The highest BCUT2D eigenvalue weighted by molar-refractivity contribution is 7.26. The van der Waals surface area contributed by atoms with Crippen molar-refractivity contribution in [1.29, 1.82) is 0 Å². The van der Waals surface area contributed by atoms with Crippen LogP contribution in [0.1, 0.15) is 11.1 Å². The van der Waals surface area contributed by atoms with Crippen molar-refractivity contribution >= 4 is 42.3 Å². The fourth-order valence-corrected chi connectivity index (χ4v) is 4.44. The second-order valence-electron chi connectivity index (χ2n) is 5.49. The van der Waals surface area contributed by atoms with E-state index in [2.05, 4.69) is 68.2 Å². The molecule has 0 aliphatic rings. The van der Waals surface area contributed by atoms with Crippen molar-refractivity contribution in [2.75, 3.05) is 0 Å². The minimum atomic E-state index is 0. The molecule has 0 aliphatic carbocycles. The van der Waals surface area contributed by atoms with Gasteiger partial charge in [-0.25, -0.2) is 4.57 Å². The maximum atomic E-state index is 2.25. The minimum absolute atomic E-state index is 0. The topological polar surface area (TPSA) is 3.88 Å². The first-order chi connectivity index (χ1) is 9.66. The summed E-state index contributed by atoms with van der Waals surface area (Å²) in [5.74, 6) is 0. The Labute approximate surface area is 145 Å². The molecule has 0 radical (unpaired) electrons. The molecule has 1 nitrogen and oxygen atoms in total. The van der Waals surface area contributed by atoms with Gasteiger partial charge in [0.1, 0.15) is 7.05 Å². The van der Waals surface area contributed by atoms with Crippen molar-refractivity contribution in [1.82, 2.24) is 0 Å². The lowest BCUT2D eigenvalue weighted by atomic mass is 9.97. The van der Waals surface area contributed by atoms with E-state index < -0.39 is 0 Å². The molecule has 4 rings (SSSR count). The lowest BCUT2D eigenvalue weighted by Gasteiger charge is -2.07. The van der Waals surface area contributed by atoms with E-state index in [9.17, 15) is 0 Å². The molecule has 0 spiro atoms. The van der Waals surface area contributed by atoms with Crippen LogP contribution in [0.15, 0.2) is 42.7 Å². The molecule has 4 aromatic rings. The molecular weight excluding hydrogens is 389 g/mol. The Morgan fingerprint density at radius 2 is 1.67 bits per heavy atom. The van der Waals surface area contributed by atoms with Gasteiger partial charge in [0.05, 0.1) is 0 Å². The van der Waals surface area contributed by atoms with Gasteiger partial charge in [0, 0.05) is 31.6 Å². The molecule has 0 amide bonds. The van der Waals surface area contributed by atoms with Gasteiger partial charge >= 0.3 is 0 Å². The number of fused-ring (bicyclic) bond motifs is 4. The summed E-state index contributed by atoms with van der Waals surface area (Å²) in [6.07, 6.45) is 4.37. The molecule has 0 aliphatic heterocycles. The van der Waals surface area contributed by atoms with E-state index in [0.29, 0.717) is 0 Å². The Balaban J connectivity index is 0.00000132. The molecule has 3 heteroatoms. The largest absolute Gasteiger partial charge is 1.00 e. The lowest BCUT2D eigenvalue weighted by molar-refractivity contribution is -0.670. The molecule has 0 saturated heterocycles. The summed E-state index contributed by atoms with van der Waals surface area (Å²) in [6, 6.07) is 11.0. The summed E-state index contributed by atoms with van der Waals surface area (Å²) in [5.41, 5.74) is 2.80. The van der Waals surface area contributed by atoms with Crippen LogP contribution >= 0.6 is 11.3 Å². The van der Waals surface area contributed by atoms with Crippen LogP contribution in [0.3, 0.4) is 0 Å². The number of rotatable bonds is 0. The third-order valence-corrected chi connectivity index (χ3v) is 5.51. The van der Waals surface area contributed by atoms with E-state index in [4.69, 9.17) is 0 Å². The van der Waals surface area contributed by atoms with Crippen molar-refractivity contribution in [2.45, 2.75) is 13.8 Å². The normalized spacial score (nSPS) is 11.2. The Hall–Kier alpha value is -1.20. The van der Waals surface area contributed by atoms with Crippen LogP contribution < -0.4 is 28.5 Å². The third-order valence-electron chi connectivity index (χ3n) is 4.22. The third kappa shape index (κ3) is 2.06. The number of nitrogens with zero attached hydrogens (tertiary/aromatic N) is 1. The number of benzene rings is 2. The molecule has 0 N–H and O–H groups in total. The summed E-state index contributed by atoms with van der Waals surface area (Å²) >= 11 is 1.91. The van der Waals surface area contributed by atoms with E-state index in [1.165, 1.54) is 42.1 Å². The maximum Gasteiger partial charge on any atom is 0.176 e. The lowest BCUT2D eigenvalue weighted by Crippen LogP contribution is -3.00. The van der Waals surface area contributed by atoms with E-state index in [1.807, 2.05) is 11.3 Å². The highest BCUT2D eigenvalue weighted by atomic mass is 127. The summed E-state index contributed by atoms with van der Waals surface area (Å²) in [6.45, 7) is 4.50. The molecule has 21 heavy (non-hydrogen) atoms. The van der Waals surface area contributed by atoms with Crippen molar-refractivity contribution in [3.63, 3.8) is 0 Å². The zero-order valence-corrected chi connectivity index (χ0v) is 15.2. The van der Waals surface area contributed by atoms with Crippen LogP contribution in [0.2, 0.25) is 0 Å². The highest BCUT2D eigenvalue weighted by Crippen LogP contribution is 2.41. The van der Waals surface area contributed by atoms with E-state index in [0.717, 1.165) is 0 Å². The quantitative estimate of drug-likeness (QED) is 0.310. The zero-order valence-electron chi connectivity index (χ0n) is 12.3. The van der Waals surface area contributed by atoms with Gasteiger partial charge in [-0.2, -0.15) is 0 Å². The van der Waals surface area contributed by atoms with E-state index in [-0.39, 0.29) is 24.0 Å². The molecular formula is C18H16INS. The Bertz CT molecular complexity index is 985. The number of aryl methyl sites for hydroxylation is 3. The molecule has 0 unspecified atom stereocenters. The second kappa shape index (κ2) is 5.21. The first-order valence-corrected chi connectivity index (χ1v) is 7.68. The van der Waals surface area contributed by atoms with E-state index in [1.54, 1.807) is 0 Å². The minimum Gasteiger partial charge on any atom is -1.00 e. The van der Waals surface area contributed by atoms with Gasteiger partial charge in [-0.05, 0) is 36.4 Å². The molecule has 0 atom stereocenters. The van der Waals surface area contributed by atoms with Crippen LogP contribution in [-0.2, 0) is 7.05 Å². The Kier molecular flexibility index (Phi) is 3.66. The van der Waals surface area contributed by atoms with E-state index >= 15 is 0 Å². The zero-order chi connectivity index (χ0) is 13.9. The number of pyridine rings is 1. The van der Waals surface area contributed by atoms with Crippen LogP contribution in [0.4, 0.5) is 0 Å². The van der Waals surface area contributed by atoms with Gasteiger partial charge < -0.3 is 24.0 Å². The van der Waals surface area contributed by atoms with Crippen molar-refractivity contribution in [2.24, 2.45) is 7.05 Å². The number of halogens is 1. The van der Waals surface area contributed by atoms with Crippen LogP contribution in [0.5, 0.6) is 0 Å². The molecule has 0 fully saturated rings. The maximum absolute atomic E-state index is 2.25. The molecule has 0 saturated carbocycles. The van der Waals surface area contributed by atoms with Gasteiger partial charge in [-0.1, -0.05) is 18.2 Å². The monoisotopic (exact) mass is 405 g/mol. The molecule has 0 bridgehead atoms. The second-order valence-corrected chi connectivity index (χ2v) is 6.54. The summed E-state index contributed by atoms with van der Waals surface area (Å²) < 4.78 is 4.95. The number of thiophene rings is 1. The summed E-state index contributed by atoms with van der Waals surface area (Å²) in [7, 11) is 2.09. The van der Waals surface area contributed by atoms with Crippen molar-refractivity contribution in [3.8, 4) is 0 Å². The highest BCUT2D eigenvalue weighted by Gasteiger charge is 2.15. The molecule has 106 valence electrons. The molecule has 2 aromatic carbocycles. The summed E-state index contributed by atoms with van der Waals surface area (Å²) in [4.78, 5) is 0. The number of hydrogen-bond donors (Lipinski definition) is 0. The predicted octanol–water partition coefficient (Wildman–Crippen LogP) is 1.65. The Morgan fingerprint density at radius 1 is 0.905 bits per heavy atom. The number of aromatic nitrogens is 1. The van der Waals surface area contributed by atoms with Crippen molar-refractivity contribution in [3.05, 3.63) is 53.9 Å². The predicted molar refractivity (Wildman–Crippen MR) is 87.5 cm³/mol. The van der Waals surface area contributed by atoms with Gasteiger partial charge in [-0.15, -0.1) is 11.3 Å². The SMILES string of the molecule is Cc1c2cc[n+](C)cc2c(C)c2c1sc1ccccc12.[I-]. The van der Waals surface area contributed by atoms with Gasteiger partial charge in [0.2, 0.25) is 0 Å². The molecule has 2 heterocycles. The van der Waals surface area contributed by atoms with Crippen molar-refractivity contribution < 1.29 is 28.5 Å². The van der Waals surface area contributed by atoms with Gasteiger partial charge in [0.15, 0.2) is 12.4 Å².